The van der Waals surface area contributed by atoms with E-state index in [0.29, 0.717) is 31.7 Å². The number of nitrogens with zero attached hydrogens (tertiary/aromatic N) is 2. The first kappa shape index (κ1) is 14.8. The molecule has 0 aliphatic carbocycles. The zero-order valence-electron chi connectivity index (χ0n) is 11.4. The first-order valence-corrected chi connectivity index (χ1v) is 7.57. The summed E-state index contributed by atoms with van der Waals surface area (Å²) < 4.78 is 4.74. The highest BCUT2D eigenvalue weighted by Gasteiger charge is 2.27. The van der Waals surface area contributed by atoms with Crippen molar-refractivity contribution in [2.75, 3.05) is 26.0 Å². The predicted molar refractivity (Wildman–Crippen MR) is 76.3 cm³/mol. The molecular weight excluding hydrogens is 276 g/mol. The zero-order valence-corrected chi connectivity index (χ0v) is 12.3. The molecule has 0 bridgehead atoms. The molecule has 1 aliphatic heterocycles. The quantitative estimate of drug-likeness (QED) is 0.623. The minimum atomic E-state index is -0.164. The Morgan fingerprint density at radius 2 is 2.00 bits per heavy atom. The monoisotopic (exact) mass is 294 g/mol. The Bertz CT molecular complexity index is 459. The molecule has 0 spiro atoms. The summed E-state index contributed by atoms with van der Waals surface area (Å²) in [5.41, 5.74) is 0. The molecule has 1 aromatic heterocycles. The van der Waals surface area contributed by atoms with E-state index in [1.807, 2.05) is 17.0 Å². The van der Waals surface area contributed by atoms with E-state index < -0.39 is 0 Å². The van der Waals surface area contributed by atoms with E-state index in [0.717, 1.165) is 4.90 Å². The van der Waals surface area contributed by atoms with Crippen molar-refractivity contribution in [3.63, 3.8) is 0 Å². The molecule has 20 heavy (non-hydrogen) atoms. The molecule has 2 heterocycles. The SMILES string of the molecule is COC(=O)C1CCN(C(=O)CSc2ccncc2)CC1. The molecule has 1 saturated heterocycles. The van der Waals surface area contributed by atoms with E-state index in [1.54, 1.807) is 12.4 Å². The van der Waals surface area contributed by atoms with Crippen LogP contribution in [-0.2, 0) is 14.3 Å². The van der Waals surface area contributed by atoms with E-state index in [4.69, 9.17) is 4.74 Å². The third kappa shape index (κ3) is 3.96. The minimum Gasteiger partial charge on any atom is -0.469 e. The van der Waals surface area contributed by atoms with Crippen LogP contribution in [-0.4, -0.2) is 47.7 Å². The largest absolute Gasteiger partial charge is 0.469 e. The summed E-state index contributed by atoms with van der Waals surface area (Å²) in [7, 11) is 1.41. The molecule has 0 unspecified atom stereocenters. The van der Waals surface area contributed by atoms with Crippen LogP contribution in [0.1, 0.15) is 12.8 Å². The van der Waals surface area contributed by atoms with Crippen LogP contribution < -0.4 is 0 Å². The van der Waals surface area contributed by atoms with Crippen molar-refractivity contribution in [3.8, 4) is 0 Å². The molecule has 0 radical (unpaired) electrons. The van der Waals surface area contributed by atoms with Crippen LogP contribution in [0.25, 0.3) is 0 Å². The fourth-order valence-electron chi connectivity index (χ4n) is 2.20. The molecule has 108 valence electrons. The Labute approximate surface area is 122 Å². The summed E-state index contributed by atoms with van der Waals surface area (Å²) in [4.78, 5) is 30.3. The van der Waals surface area contributed by atoms with Gasteiger partial charge >= 0.3 is 5.97 Å². The third-order valence-corrected chi connectivity index (χ3v) is 4.39. The summed E-state index contributed by atoms with van der Waals surface area (Å²) in [6.45, 7) is 1.27. The summed E-state index contributed by atoms with van der Waals surface area (Å²) >= 11 is 1.51. The van der Waals surface area contributed by atoms with Gasteiger partial charge in [0.2, 0.25) is 5.91 Å². The van der Waals surface area contributed by atoms with Crippen molar-refractivity contribution in [1.82, 2.24) is 9.88 Å². The second-order valence-electron chi connectivity index (χ2n) is 4.65. The minimum absolute atomic E-state index is 0.0584. The Morgan fingerprint density at radius 1 is 1.35 bits per heavy atom. The number of pyridine rings is 1. The second kappa shape index (κ2) is 7.28. The lowest BCUT2D eigenvalue weighted by Gasteiger charge is -2.30. The Hall–Kier alpha value is -1.56. The number of piperidine rings is 1. The molecule has 5 nitrogen and oxygen atoms in total. The molecule has 0 aromatic carbocycles. The summed E-state index contributed by atoms with van der Waals surface area (Å²) in [5, 5.41) is 0. The van der Waals surface area contributed by atoms with E-state index >= 15 is 0 Å². The van der Waals surface area contributed by atoms with Crippen LogP contribution in [0, 0.1) is 5.92 Å². The van der Waals surface area contributed by atoms with E-state index in [2.05, 4.69) is 4.98 Å². The fraction of sp³-hybridized carbons (Fsp3) is 0.500. The highest BCUT2D eigenvalue weighted by Crippen LogP contribution is 2.21. The highest BCUT2D eigenvalue weighted by molar-refractivity contribution is 8.00. The molecule has 1 aliphatic rings. The topological polar surface area (TPSA) is 59.5 Å². The van der Waals surface area contributed by atoms with Crippen LogP contribution >= 0.6 is 11.8 Å². The molecular formula is C14H18N2O3S. The van der Waals surface area contributed by atoms with Gasteiger partial charge in [0.05, 0.1) is 18.8 Å². The van der Waals surface area contributed by atoms with Gasteiger partial charge < -0.3 is 9.64 Å². The molecule has 0 atom stereocenters. The zero-order chi connectivity index (χ0) is 14.4. The van der Waals surface area contributed by atoms with Gasteiger partial charge in [-0.05, 0) is 25.0 Å². The normalized spacial score (nSPS) is 15.9. The van der Waals surface area contributed by atoms with Gasteiger partial charge in [-0.2, -0.15) is 0 Å². The van der Waals surface area contributed by atoms with E-state index in [1.165, 1.54) is 18.9 Å². The number of rotatable bonds is 4. The lowest BCUT2D eigenvalue weighted by molar-refractivity contribution is -0.148. The summed E-state index contributed by atoms with van der Waals surface area (Å²) in [5.74, 6) is 0.322. The molecule has 2 rings (SSSR count). The van der Waals surface area contributed by atoms with Gasteiger partial charge in [0.15, 0.2) is 0 Å². The maximum absolute atomic E-state index is 12.1. The third-order valence-electron chi connectivity index (χ3n) is 3.39. The van der Waals surface area contributed by atoms with Crippen molar-refractivity contribution < 1.29 is 14.3 Å². The van der Waals surface area contributed by atoms with Gasteiger partial charge in [0, 0.05) is 30.4 Å². The number of ether oxygens (including phenoxy) is 1. The van der Waals surface area contributed by atoms with Crippen molar-refractivity contribution in [2.45, 2.75) is 17.7 Å². The fourth-order valence-corrected chi connectivity index (χ4v) is 2.99. The first-order chi connectivity index (χ1) is 9.70. The van der Waals surface area contributed by atoms with Crippen LogP contribution in [0.4, 0.5) is 0 Å². The van der Waals surface area contributed by atoms with Gasteiger partial charge in [-0.3, -0.25) is 14.6 Å². The average molecular weight is 294 g/mol. The average Bonchev–Trinajstić information content (AvgIpc) is 2.53. The predicted octanol–water partition coefficient (Wildman–Crippen LogP) is 1.59. The van der Waals surface area contributed by atoms with Gasteiger partial charge in [0.25, 0.3) is 0 Å². The Balaban J connectivity index is 1.76. The number of likely N-dealkylation sites (tertiary alicyclic amines) is 1. The van der Waals surface area contributed by atoms with Crippen LogP contribution in [0.2, 0.25) is 0 Å². The number of hydrogen-bond donors (Lipinski definition) is 0. The number of esters is 1. The lowest BCUT2D eigenvalue weighted by Crippen LogP contribution is -2.41. The van der Waals surface area contributed by atoms with Gasteiger partial charge in [0.1, 0.15) is 0 Å². The molecule has 1 fully saturated rings. The van der Waals surface area contributed by atoms with Crippen LogP contribution in [0.15, 0.2) is 29.4 Å². The number of carbonyl (C=O) groups excluding carboxylic acids is 2. The van der Waals surface area contributed by atoms with Crippen LogP contribution in [0.5, 0.6) is 0 Å². The smallest absolute Gasteiger partial charge is 0.308 e. The molecule has 0 saturated carbocycles. The first-order valence-electron chi connectivity index (χ1n) is 6.59. The second-order valence-corrected chi connectivity index (χ2v) is 5.70. The lowest BCUT2D eigenvalue weighted by atomic mass is 9.97. The van der Waals surface area contributed by atoms with E-state index in [9.17, 15) is 9.59 Å². The summed E-state index contributed by atoms with van der Waals surface area (Å²) in [6.07, 6.45) is 4.82. The maximum Gasteiger partial charge on any atom is 0.308 e. The van der Waals surface area contributed by atoms with Crippen molar-refractivity contribution in [2.24, 2.45) is 5.92 Å². The number of aromatic nitrogens is 1. The molecule has 1 amide bonds. The van der Waals surface area contributed by atoms with Crippen molar-refractivity contribution in [3.05, 3.63) is 24.5 Å². The summed E-state index contributed by atoms with van der Waals surface area (Å²) in [6, 6.07) is 3.78. The molecule has 0 N–H and O–H groups in total. The highest BCUT2D eigenvalue weighted by atomic mass is 32.2. The van der Waals surface area contributed by atoms with Gasteiger partial charge in [-0.1, -0.05) is 0 Å². The molecule has 6 heteroatoms. The number of amides is 1. The number of carbonyl (C=O) groups is 2. The van der Waals surface area contributed by atoms with Crippen molar-refractivity contribution >= 4 is 23.6 Å². The standard InChI is InChI=1S/C14H18N2O3S/c1-19-14(18)11-4-8-16(9-5-11)13(17)10-20-12-2-6-15-7-3-12/h2-3,6-7,11H,4-5,8-10H2,1H3. The Morgan fingerprint density at radius 3 is 2.60 bits per heavy atom. The Kier molecular flexibility index (Phi) is 5.40. The number of hydrogen-bond acceptors (Lipinski definition) is 5. The van der Waals surface area contributed by atoms with Crippen molar-refractivity contribution in [1.29, 1.82) is 0 Å². The van der Waals surface area contributed by atoms with Gasteiger partial charge in [-0.25, -0.2) is 0 Å². The molecule has 1 aromatic rings. The van der Waals surface area contributed by atoms with Gasteiger partial charge in [-0.15, -0.1) is 11.8 Å². The van der Waals surface area contributed by atoms with E-state index in [-0.39, 0.29) is 17.8 Å². The van der Waals surface area contributed by atoms with Crippen LogP contribution in [0.3, 0.4) is 0 Å². The maximum atomic E-state index is 12.1. The number of thioether (sulfide) groups is 1. The number of methoxy groups -OCH3 is 1.